The fraction of sp³-hybridized carbons (Fsp3) is 0.846. The van der Waals surface area contributed by atoms with Crippen molar-refractivity contribution in [2.45, 2.75) is 56.5 Å². The van der Waals surface area contributed by atoms with Crippen molar-refractivity contribution >= 4 is 11.8 Å². The molecule has 0 bridgehead atoms. The number of nitrogens with zero attached hydrogens (tertiary/aromatic N) is 2. The van der Waals surface area contributed by atoms with Gasteiger partial charge in [-0.2, -0.15) is 5.10 Å². The van der Waals surface area contributed by atoms with E-state index in [1.54, 1.807) is 6.33 Å². The van der Waals surface area contributed by atoms with Crippen LogP contribution in [0.5, 0.6) is 0 Å². The van der Waals surface area contributed by atoms with Gasteiger partial charge >= 0.3 is 0 Å². The summed E-state index contributed by atoms with van der Waals surface area (Å²) in [6.07, 6.45) is 5.41. The highest BCUT2D eigenvalue weighted by atomic mass is 32.2. The molecule has 2 rings (SSSR count). The standard InChI is InChI=1S/C13H24N4S/c1-13(2,3)9-5-6-10(14-4)11(7-9)18-12-15-8-16-17-12/h8-11,14H,5-7H2,1-4H3,(H,15,16,17). The first kappa shape index (κ1) is 13.9. The molecule has 1 saturated carbocycles. The van der Waals surface area contributed by atoms with Gasteiger partial charge in [-0.05, 0) is 37.6 Å². The molecule has 0 spiro atoms. The van der Waals surface area contributed by atoms with Crippen LogP contribution in [-0.4, -0.2) is 33.5 Å². The third-order valence-corrected chi connectivity index (χ3v) is 5.29. The molecular weight excluding hydrogens is 244 g/mol. The molecule has 3 unspecified atom stereocenters. The molecule has 4 nitrogen and oxygen atoms in total. The van der Waals surface area contributed by atoms with Gasteiger partial charge in [0.25, 0.3) is 0 Å². The van der Waals surface area contributed by atoms with E-state index in [0.29, 0.717) is 16.7 Å². The Labute approximate surface area is 114 Å². The van der Waals surface area contributed by atoms with Crippen molar-refractivity contribution in [2.75, 3.05) is 7.05 Å². The van der Waals surface area contributed by atoms with Crippen molar-refractivity contribution in [1.29, 1.82) is 0 Å². The van der Waals surface area contributed by atoms with E-state index in [1.165, 1.54) is 19.3 Å². The van der Waals surface area contributed by atoms with Crippen LogP contribution in [0.2, 0.25) is 0 Å². The lowest BCUT2D eigenvalue weighted by atomic mass is 9.71. The molecule has 0 saturated heterocycles. The Morgan fingerprint density at radius 2 is 2.17 bits per heavy atom. The molecule has 1 aliphatic carbocycles. The summed E-state index contributed by atoms with van der Waals surface area (Å²) in [5, 5.41) is 11.9. The normalized spacial score (nSPS) is 29.4. The topological polar surface area (TPSA) is 53.6 Å². The third-order valence-electron chi connectivity index (χ3n) is 4.04. The highest BCUT2D eigenvalue weighted by molar-refractivity contribution is 7.99. The molecule has 1 aromatic rings. The number of hydrogen-bond acceptors (Lipinski definition) is 4. The summed E-state index contributed by atoms with van der Waals surface area (Å²) in [4.78, 5) is 4.23. The monoisotopic (exact) mass is 268 g/mol. The highest BCUT2D eigenvalue weighted by Crippen LogP contribution is 2.42. The van der Waals surface area contributed by atoms with Gasteiger partial charge in [-0.15, -0.1) is 0 Å². The van der Waals surface area contributed by atoms with E-state index in [4.69, 9.17) is 0 Å². The minimum Gasteiger partial charge on any atom is -0.316 e. The van der Waals surface area contributed by atoms with E-state index < -0.39 is 0 Å². The van der Waals surface area contributed by atoms with E-state index in [1.807, 2.05) is 11.8 Å². The smallest absolute Gasteiger partial charge is 0.183 e. The number of H-pyrrole nitrogens is 1. The predicted molar refractivity (Wildman–Crippen MR) is 75.7 cm³/mol. The number of aromatic amines is 1. The zero-order chi connectivity index (χ0) is 13.2. The van der Waals surface area contributed by atoms with Gasteiger partial charge < -0.3 is 5.32 Å². The zero-order valence-electron chi connectivity index (χ0n) is 11.7. The van der Waals surface area contributed by atoms with Gasteiger partial charge in [0.05, 0.1) is 0 Å². The van der Waals surface area contributed by atoms with Crippen LogP contribution in [0.25, 0.3) is 0 Å². The summed E-state index contributed by atoms with van der Waals surface area (Å²) in [6.45, 7) is 7.06. The second-order valence-electron chi connectivity index (χ2n) is 6.22. The summed E-state index contributed by atoms with van der Waals surface area (Å²) >= 11 is 1.83. The van der Waals surface area contributed by atoms with Crippen molar-refractivity contribution in [1.82, 2.24) is 20.5 Å². The Bertz CT molecular complexity index is 358. The Hall–Kier alpha value is -0.550. The molecular formula is C13H24N4S. The van der Waals surface area contributed by atoms with Crippen molar-refractivity contribution in [3.8, 4) is 0 Å². The minimum absolute atomic E-state index is 0.402. The lowest BCUT2D eigenvalue weighted by molar-refractivity contribution is 0.167. The highest BCUT2D eigenvalue weighted by Gasteiger charge is 2.36. The van der Waals surface area contributed by atoms with Gasteiger partial charge in [-0.3, -0.25) is 5.10 Å². The van der Waals surface area contributed by atoms with Crippen LogP contribution in [-0.2, 0) is 0 Å². The van der Waals surface area contributed by atoms with Gasteiger partial charge in [-0.1, -0.05) is 32.5 Å². The van der Waals surface area contributed by atoms with Crippen molar-refractivity contribution in [3.05, 3.63) is 6.33 Å². The average Bonchev–Trinajstić information content (AvgIpc) is 2.80. The maximum absolute atomic E-state index is 4.23. The lowest BCUT2D eigenvalue weighted by Gasteiger charge is -2.41. The fourth-order valence-electron chi connectivity index (χ4n) is 2.77. The van der Waals surface area contributed by atoms with Gasteiger partial charge in [0.15, 0.2) is 5.16 Å². The molecule has 0 aliphatic heterocycles. The Morgan fingerprint density at radius 1 is 1.39 bits per heavy atom. The number of thioether (sulfide) groups is 1. The number of nitrogens with one attached hydrogen (secondary N) is 2. The summed E-state index contributed by atoms with van der Waals surface area (Å²) in [5.74, 6) is 0.794. The van der Waals surface area contributed by atoms with Crippen LogP contribution in [0, 0.1) is 11.3 Å². The number of hydrogen-bond donors (Lipinski definition) is 2. The molecule has 3 atom stereocenters. The van der Waals surface area contributed by atoms with Crippen LogP contribution in [0.3, 0.4) is 0 Å². The van der Waals surface area contributed by atoms with Crippen LogP contribution in [0.4, 0.5) is 0 Å². The van der Waals surface area contributed by atoms with Crippen LogP contribution in [0.1, 0.15) is 40.0 Å². The van der Waals surface area contributed by atoms with Crippen molar-refractivity contribution in [2.24, 2.45) is 11.3 Å². The summed E-state index contributed by atoms with van der Waals surface area (Å²) in [5.41, 5.74) is 0.402. The van der Waals surface area contributed by atoms with Crippen LogP contribution in [0.15, 0.2) is 11.5 Å². The van der Waals surface area contributed by atoms with Crippen LogP contribution < -0.4 is 5.32 Å². The van der Waals surface area contributed by atoms with E-state index >= 15 is 0 Å². The van der Waals surface area contributed by atoms with E-state index in [2.05, 4.69) is 48.3 Å². The third kappa shape index (κ3) is 3.26. The maximum Gasteiger partial charge on any atom is 0.183 e. The SMILES string of the molecule is CNC1CCC(C(C)(C)C)CC1Sc1ncn[nH]1. The van der Waals surface area contributed by atoms with Crippen molar-refractivity contribution < 1.29 is 0 Å². The Morgan fingerprint density at radius 3 is 2.72 bits per heavy atom. The van der Waals surface area contributed by atoms with E-state index in [-0.39, 0.29) is 0 Å². The predicted octanol–water partition coefficient (Wildman–Crippen LogP) is 2.70. The first-order valence-electron chi connectivity index (χ1n) is 6.70. The van der Waals surface area contributed by atoms with Gasteiger partial charge in [0, 0.05) is 11.3 Å². The second-order valence-corrected chi connectivity index (χ2v) is 7.45. The maximum atomic E-state index is 4.23. The van der Waals surface area contributed by atoms with E-state index in [0.717, 1.165) is 11.1 Å². The van der Waals surface area contributed by atoms with E-state index in [9.17, 15) is 0 Å². The molecule has 102 valence electrons. The van der Waals surface area contributed by atoms with Crippen LogP contribution >= 0.6 is 11.8 Å². The fourth-order valence-corrected chi connectivity index (χ4v) is 4.04. The van der Waals surface area contributed by atoms with Gasteiger partial charge in [0.1, 0.15) is 6.33 Å². The Balaban J connectivity index is 2.04. The Kier molecular flexibility index (Phi) is 4.33. The lowest BCUT2D eigenvalue weighted by Crippen LogP contribution is -2.43. The van der Waals surface area contributed by atoms with Gasteiger partial charge in [-0.25, -0.2) is 4.98 Å². The second kappa shape index (κ2) is 5.61. The largest absolute Gasteiger partial charge is 0.316 e. The molecule has 1 aromatic heterocycles. The molecule has 18 heavy (non-hydrogen) atoms. The minimum atomic E-state index is 0.402. The molecule has 2 N–H and O–H groups in total. The first-order chi connectivity index (χ1) is 8.50. The van der Waals surface area contributed by atoms with Gasteiger partial charge in [0.2, 0.25) is 0 Å². The number of rotatable bonds is 3. The molecule has 1 aliphatic rings. The zero-order valence-corrected chi connectivity index (χ0v) is 12.5. The summed E-state index contributed by atoms with van der Waals surface area (Å²) in [7, 11) is 2.07. The molecule has 0 amide bonds. The molecule has 0 radical (unpaired) electrons. The molecule has 1 fully saturated rings. The molecule has 1 heterocycles. The van der Waals surface area contributed by atoms with Crippen molar-refractivity contribution in [3.63, 3.8) is 0 Å². The summed E-state index contributed by atoms with van der Waals surface area (Å²) in [6, 6.07) is 0.582. The first-order valence-corrected chi connectivity index (χ1v) is 7.58. The molecule has 0 aromatic carbocycles. The number of aromatic nitrogens is 3. The average molecular weight is 268 g/mol. The molecule has 5 heteroatoms. The summed E-state index contributed by atoms with van der Waals surface area (Å²) < 4.78 is 0. The quantitative estimate of drug-likeness (QED) is 0.885.